The van der Waals surface area contributed by atoms with Gasteiger partial charge in [-0.1, -0.05) is 30.7 Å². The Morgan fingerprint density at radius 2 is 2.10 bits per heavy atom. The largest absolute Gasteiger partial charge is 0.313 e. The standard InChI is InChI=1S/C16H18BrClN2/c1-3-11-4-6-13(20-10-11)9-16(19-2)12-5-7-15(18)14(17)8-12/h4-8,10,16,19H,3,9H2,1-2H3. The summed E-state index contributed by atoms with van der Waals surface area (Å²) >= 11 is 9.51. The SMILES string of the molecule is CCc1ccc(CC(NC)c2ccc(Cl)c(Br)c2)nc1. The molecule has 2 aromatic rings. The summed E-state index contributed by atoms with van der Waals surface area (Å²) < 4.78 is 0.922. The molecule has 106 valence electrons. The second-order valence-corrected chi connectivity index (χ2v) is 5.99. The number of halogens is 2. The highest BCUT2D eigenvalue weighted by molar-refractivity contribution is 9.10. The minimum absolute atomic E-state index is 0.226. The van der Waals surface area contributed by atoms with Crippen LogP contribution in [0.25, 0.3) is 0 Å². The van der Waals surface area contributed by atoms with Gasteiger partial charge < -0.3 is 5.32 Å². The van der Waals surface area contributed by atoms with Crippen molar-refractivity contribution in [3.05, 3.63) is 62.8 Å². The topological polar surface area (TPSA) is 24.9 Å². The highest BCUT2D eigenvalue weighted by Gasteiger charge is 2.12. The van der Waals surface area contributed by atoms with Crippen LogP contribution in [-0.2, 0) is 12.8 Å². The van der Waals surface area contributed by atoms with E-state index in [1.54, 1.807) is 0 Å². The lowest BCUT2D eigenvalue weighted by molar-refractivity contribution is 0.584. The maximum Gasteiger partial charge on any atom is 0.0548 e. The maximum absolute atomic E-state index is 6.04. The molecule has 1 N–H and O–H groups in total. The van der Waals surface area contributed by atoms with Crippen molar-refractivity contribution < 1.29 is 0 Å². The molecule has 0 radical (unpaired) electrons. The molecular weight excluding hydrogens is 336 g/mol. The van der Waals surface area contributed by atoms with E-state index in [2.05, 4.69) is 57.4 Å². The minimum atomic E-state index is 0.226. The van der Waals surface area contributed by atoms with Gasteiger partial charge in [-0.3, -0.25) is 4.98 Å². The molecule has 1 atom stereocenters. The van der Waals surface area contributed by atoms with Crippen LogP contribution >= 0.6 is 27.5 Å². The van der Waals surface area contributed by atoms with Crippen LogP contribution in [0.5, 0.6) is 0 Å². The van der Waals surface area contributed by atoms with Crippen molar-refractivity contribution in [2.24, 2.45) is 0 Å². The summed E-state index contributed by atoms with van der Waals surface area (Å²) in [4.78, 5) is 4.52. The quantitative estimate of drug-likeness (QED) is 0.852. The number of aryl methyl sites for hydroxylation is 1. The van der Waals surface area contributed by atoms with E-state index in [9.17, 15) is 0 Å². The maximum atomic E-state index is 6.04. The first-order valence-electron chi connectivity index (χ1n) is 6.70. The molecule has 1 aromatic carbocycles. The lowest BCUT2D eigenvalue weighted by atomic mass is 10.0. The number of hydrogen-bond acceptors (Lipinski definition) is 2. The Bertz CT molecular complexity index is 569. The zero-order chi connectivity index (χ0) is 14.5. The first-order chi connectivity index (χ1) is 9.63. The van der Waals surface area contributed by atoms with Gasteiger partial charge in [0.05, 0.1) is 5.02 Å². The van der Waals surface area contributed by atoms with Crippen molar-refractivity contribution in [2.75, 3.05) is 7.05 Å². The van der Waals surface area contributed by atoms with Crippen LogP contribution in [-0.4, -0.2) is 12.0 Å². The molecule has 0 saturated carbocycles. The lowest BCUT2D eigenvalue weighted by Gasteiger charge is -2.17. The first-order valence-corrected chi connectivity index (χ1v) is 7.87. The molecule has 0 saturated heterocycles. The predicted molar refractivity (Wildman–Crippen MR) is 88.3 cm³/mol. The number of nitrogens with zero attached hydrogens (tertiary/aromatic N) is 1. The van der Waals surface area contributed by atoms with E-state index >= 15 is 0 Å². The van der Waals surface area contributed by atoms with Crippen molar-refractivity contribution in [3.8, 4) is 0 Å². The Hall–Kier alpha value is -0.900. The highest BCUT2D eigenvalue weighted by Crippen LogP contribution is 2.27. The fourth-order valence-corrected chi connectivity index (χ4v) is 2.62. The third-order valence-corrected chi connectivity index (χ3v) is 4.62. The van der Waals surface area contributed by atoms with Gasteiger partial charge >= 0.3 is 0 Å². The molecule has 0 bridgehead atoms. The molecule has 2 rings (SSSR count). The molecule has 0 aliphatic heterocycles. The van der Waals surface area contributed by atoms with Crippen LogP contribution in [0.2, 0.25) is 5.02 Å². The number of hydrogen-bond donors (Lipinski definition) is 1. The normalized spacial score (nSPS) is 12.4. The summed E-state index contributed by atoms with van der Waals surface area (Å²) in [5, 5.41) is 4.07. The Kier molecular flexibility index (Phi) is 5.58. The third-order valence-electron chi connectivity index (χ3n) is 3.40. The van der Waals surface area contributed by atoms with Gasteiger partial charge in [0.15, 0.2) is 0 Å². The van der Waals surface area contributed by atoms with Crippen molar-refractivity contribution in [3.63, 3.8) is 0 Å². The van der Waals surface area contributed by atoms with Gasteiger partial charge in [-0.2, -0.15) is 0 Å². The fraction of sp³-hybridized carbons (Fsp3) is 0.312. The second kappa shape index (κ2) is 7.21. The molecule has 4 heteroatoms. The van der Waals surface area contributed by atoms with E-state index in [-0.39, 0.29) is 6.04 Å². The van der Waals surface area contributed by atoms with E-state index in [1.807, 2.05) is 19.3 Å². The van der Waals surface area contributed by atoms with Crippen LogP contribution in [0.4, 0.5) is 0 Å². The summed E-state index contributed by atoms with van der Waals surface area (Å²) in [5.41, 5.74) is 3.56. The van der Waals surface area contributed by atoms with Gasteiger partial charge in [-0.15, -0.1) is 0 Å². The number of benzene rings is 1. The van der Waals surface area contributed by atoms with E-state index < -0.39 is 0 Å². The molecule has 20 heavy (non-hydrogen) atoms. The highest BCUT2D eigenvalue weighted by atomic mass is 79.9. The van der Waals surface area contributed by atoms with E-state index in [0.29, 0.717) is 0 Å². The number of nitrogens with one attached hydrogen (secondary N) is 1. The van der Waals surface area contributed by atoms with Crippen LogP contribution in [0.1, 0.15) is 29.8 Å². The number of aromatic nitrogens is 1. The van der Waals surface area contributed by atoms with E-state index in [1.165, 1.54) is 11.1 Å². The number of rotatable bonds is 5. The van der Waals surface area contributed by atoms with Gasteiger partial charge in [0.25, 0.3) is 0 Å². The van der Waals surface area contributed by atoms with Crippen LogP contribution < -0.4 is 5.32 Å². The van der Waals surface area contributed by atoms with Gasteiger partial charge in [0.1, 0.15) is 0 Å². The van der Waals surface area contributed by atoms with E-state index in [0.717, 1.165) is 28.0 Å². The summed E-state index contributed by atoms with van der Waals surface area (Å²) in [5.74, 6) is 0. The van der Waals surface area contributed by atoms with Crippen molar-refractivity contribution >= 4 is 27.5 Å². The Morgan fingerprint density at radius 3 is 2.65 bits per heavy atom. The Balaban J connectivity index is 2.16. The molecule has 0 amide bonds. The minimum Gasteiger partial charge on any atom is -0.313 e. The van der Waals surface area contributed by atoms with E-state index in [4.69, 9.17) is 11.6 Å². The summed E-state index contributed by atoms with van der Waals surface area (Å²) in [6, 6.07) is 10.5. The average Bonchev–Trinajstić information content (AvgIpc) is 2.48. The number of likely N-dealkylation sites (N-methyl/N-ethyl adjacent to an activating group) is 1. The molecule has 0 aliphatic rings. The van der Waals surface area contributed by atoms with Gasteiger partial charge in [-0.05, 0) is 58.7 Å². The molecule has 0 fully saturated rings. The third kappa shape index (κ3) is 3.81. The van der Waals surface area contributed by atoms with Crippen LogP contribution in [0, 0.1) is 0 Å². The molecular formula is C16H18BrClN2. The summed E-state index contributed by atoms with van der Waals surface area (Å²) in [6.45, 7) is 2.14. The van der Waals surface area contributed by atoms with Gasteiger partial charge in [0.2, 0.25) is 0 Å². The van der Waals surface area contributed by atoms with Crippen molar-refractivity contribution in [1.82, 2.24) is 10.3 Å². The molecule has 0 aliphatic carbocycles. The van der Waals surface area contributed by atoms with Crippen LogP contribution in [0.3, 0.4) is 0 Å². The Labute approximate surface area is 133 Å². The molecule has 1 aromatic heterocycles. The zero-order valence-electron chi connectivity index (χ0n) is 11.7. The van der Waals surface area contributed by atoms with Crippen molar-refractivity contribution in [1.29, 1.82) is 0 Å². The molecule has 0 spiro atoms. The summed E-state index contributed by atoms with van der Waals surface area (Å²) in [7, 11) is 1.97. The zero-order valence-corrected chi connectivity index (χ0v) is 14.0. The smallest absolute Gasteiger partial charge is 0.0548 e. The monoisotopic (exact) mass is 352 g/mol. The second-order valence-electron chi connectivity index (χ2n) is 4.73. The fourth-order valence-electron chi connectivity index (χ4n) is 2.11. The number of pyridine rings is 1. The molecule has 1 unspecified atom stereocenters. The molecule has 2 nitrogen and oxygen atoms in total. The lowest BCUT2D eigenvalue weighted by Crippen LogP contribution is -2.19. The van der Waals surface area contributed by atoms with Gasteiger partial charge in [-0.25, -0.2) is 0 Å². The first kappa shape index (κ1) is 15.5. The van der Waals surface area contributed by atoms with Crippen molar-refractivity contribution in [2.45, 2.75) is 25.8 Å². The van der Waals surface area contributed by atoms with Gasteiger partial charge in [0, 0.05) is 28.8 Å². The Morgan fingerprint density at radius 1 is 1.30 bits per heavy atom. The average molecular weight is 354 g/mol. The summed E-state index contributed by atoms with van der Waals surface area (Å²) in [6.07, 6.45) is 3.83. The predicted octanol–water partition coefficient (Wildman–Crippen LogP) is 4.56. The van der Waals surface area contributed by atoms with Crippen LogP contribution in [0.15, 0.2) is 41.0 Å². The molecule has 1 heterocycles.